The number of nitrogens with one attached hydrogen (secondary N) is 3. The molecule has 1 atom stereocenters. The second-order valence-electron chi connectivity index (χ2n) is 8.83. The van der Waals surface area contributed by atoms with Gasteiger partial charge < -0.3 is 25.3 Å². The maximum absolute atomic E-state index is 10.2. The molecule has 0 aliphatic rings. The minimum Gasteiger partial charge on any atom is -0.390 e. The molecule has 2 aromatic carbocycles. The van der Waals surface area contributed by atoms with Crippen LogP contribution in [0.5, 0.6) is 0 Å². The fourth-order valence-electron chi connectivity index (χ4n) is 4.34. The maximum atomic E-state index is 10.2. The highest BCUT2D eigenvalue weighted by Gasteiger charge is 2.10. The average Bonchev–Trinajstić information content (AvgIpc) is 3.65. The monoisotopic (exact) mass is 494 g/mol. The third kappa shape index (κ3) is 4.87. The second kappa shape index (κ2) is 9.94. The maximum Gasteiger partial charge on any atom is 0.0946 e. The molecule has 0 radical (unpaired) electrons. The molecule has 1 unspecified atom stereocenters. The van der Waals surface area contributed by atoms with Crippen molar-refractivity contribution in [1.29, 1.82) is 0 Å². The van der Waals surface area contributed by atoms with Gasteiger partial charge in [-0.25, -0.2) is 4.98 Å². The smallest absolute Gasteiger partial charge is 0.0946 e. The van der Waals surface area contributed by atoms with E-state index in [1.54, 1.807) is 23.9 Å². The fraction of sp³-hybridized carbons (Fsp3) is 0.143. The van der Waals surface area contributed by atoms with E-state index in [9.17, 15) is 5.11 Å². The topological polar surface area (TPSA) is 90.8 Å². The largest absolute Gasteiger partial charge is 0.390 e. The highest BCUT2D eigenvalue weighted by Crippen LogP contribution is 2.37. The summed E-state index contributed by atoms with van der Waals surface area (Å²) in [6.45, 7) is 1.76. The highest BCUT2D eigenvalue weighted by atomic mass is 32.1. The van der Waals surface area contributed by atoms with Crippen LogP contribution in [0.25, 0.3) is 31.6 Å². The van der Waals surface area contributed by atoms with Crippen LogP contribution in [-0.4, -0.2) is 37.3 Å². The van der Waals surface area contributed by atoms with Crippen LogP contribution in [0.1, 0.15) is 5.56 Å². The molecule has 4 aromatic heterocycles. The average molecular weight is 495 g/mol. The molecule has 36 heavy (non-hydrogen) atoms. The Morgan fingerprint density at radius 2 is 1.94 bits per heavy atom. The van der Waals surface area contributed by atoms with Crippen molar-refractivity contribution in [2.75, 3.05) is 11.9 Å². The van der Waals surface area contributed by atoms with Crippen LogP contribution in [0.2, 0.25) is 0 Å². The number of pyridine rings is 1. The molecule has 180 valence electrons. The Labute approximate surface area is 212 Å². The number of H-pyrrole nitrogens is 1. The van der Waals surface area contributed by atoms with Crippen LogP contribution in [0, 0.1) is 0 Å². The van der Waals surface area contributed by atoms with E-state index in [0.29, 0.717) is 19.6 Å². The summed E-state index contributed by atoms with van der Waals surface area (Å²) in [6, 6.07) is 21.1. The van der Waals surface area contributed by atoms with Crippen LogP contribution in [0.3, 0.4) is 0 Å². The van der Waals surface area contributed by atoms with Gasteiger partial charge >= 0.3 is 0 Å². The van der Waals surface area contributed by atoms with Crippen molar-refractivity contribution >= 4 is 43.8 Å². The van der Waals surface area contributed by atoms with Crippen molar-refractivity contribution in [2.45, 2.75) is 19.2 Å². The lowest BCUT2D eigenvalue weighted by Crippen LogP contribution is -2.29. The number of nitrogens with zero attached hydrogens (tertiary/aromatic N) is 3. The molecule has 4 N–H and O–H groups in total. The number of aliphatic hydroxyl groups excluding tert-OH is 1. The number of imidazole rings is 1. The molecule has 0 saturated heterocycles. The van der Waals surface area contributed by atoms with Crippen molar-refractivity contribution in [3.05, 3.63) is 97.3 Å². The zero-order valence-electron chi connectivity index (χ0n) is 19.6. The third-order valence-corrected chi connectivity index (χ3v) is 7.38. The standard InChI is InChI=1S/C28H26N6OS/c35-23(17-34-12-11-29-18-34)16-30-15-19-1-3-20(4-2-19)27-14-26-28(36-27)25(8-10-32-26)33-22-5-6-24-21(13-22)7-9-31-24/h1-14,18,23,30-31,35H,15-17H2,(H,32,33). The predicted octanol–water partition coefficient (Wildman–Crippen LogP) is 5.54. The summed E-state index contributed by atoms with van der Waals surface area (Å²) in [6.07, 6.45) is 8.64. The lowest BCUT2D eigenvalue weighted by Gasteiger charge is -2.12. The number of rotatable bonds is 9. The van der Waals surface area contributed by atoms with E-state index in [1.807, 2.05) is 29.2 Å². The number of thiophene rings is 1. The summed E-state index contributed by atoms with van der Waals surface area (Å²) in [4.78, 5) is 13.0. The first-order chi connectivity index (χ1) is 17.7. The SMILES string of the molecule is OC(CNCc1ccc(-c2cc3nccc(Nc4ccc5[nH]ccc5c4)c3s2)cc1)Cn1ccnc1. The molecule has 0 fully saturated rings. The summed E-state index contributed by atoms with van der Waals surface area (Å²) in [5, 5.41) is 18.3. The molecule has 6 aromatic rings. The molecule has 0 saturated carbocycles. The third-order valence-electron chi connectivity index (χ3n) is 6.17. The lowest BCUT2D eigenvalue weighted by molar-refractivity contribution is 0.151. The van der Waals surface area contributed by atoms with Gasteiger partial charge in [0.05, 0.1) is 34.9 Å². The summed E-state index contributed by atoms with van der Waals surface area (Å²) >= 11 is 1.74. The quantitative estimate of drug-likeness (QED) is 0.212. The van der Waals surface area contributed by atoms with E-state index in [-0.39, 0.29) is 0 Å². The molecule has 0 bridgehead atoms. The van der Waals surface area contributed by atoms with Gasteiger partial charge in [-0.3, -0.25) is 4.98 Å². The summed E-state index contributed by atoms with van der Waals surface area (Å²) in [5.74, 6) is 0. The van der Waals surface area contributed by atoms with Crippen molar-refractivity contribution < 1.29 is 5.11 Å². The summed E-state index contributed by atoms with van der Waals surface area (Å²) < 4.78 is 3.02. The van der Waals surface area contributed by atoms with Crippen molar-refractivity contribution in [3.8, 4) is 10.4 Å². The zero-order chi connectivity index (χ0) is 24.3. The number of anilines is 2. The Morgan fingerprint density at radius 3 is 2.81 bits per heavy atom. The van der Waals surface area contributed by atoms with E-state index in [4.69, 9.17) is 0 Å². The second-order valence-corrected chi connectivity index (χ2v) is 9.88. The van der Waals surface area contributed by atoms with E-state index in [2.05, 4.69) is 80.2 Å². The number of hydrogen-bond acceptors (Lipinski definition) is 6. The van der Waals surface area contributed by atoms with Gasteiger partial charge in [0, 0.05) is 59.3 Å². The number of fused-ring (bicyclic) bond motifs is 2. The van der Waals surface area contributed by atoms with Gasteiger partial charge in [0.2, 0.25) is 0 Å². The van der Waals surface area contributed by atoms with Crippen LogP contribution in [-0.2, 0) is 13.1 Å². The Kier molecular flexibility index (Phi) is 6.21. The Bertz CT molecular complexity index is 1590. The Hall–Kier alpha value is -3.98. The van der Waals surface area contributed by atoms with Gasteiger partial charge in [-0.15, -0.1) is 11.3 Å². The van der Waals surface area contributed by atoms with Gasteiger partial charge in [0.25, 0.3) is 0 Å². The normalized spacial score (nSPS) is 12.4. The minimum atomic E-state index is -0.461. The van der Waals surface area contributed by atoms with Crippen LogP contribution < -0.4 is 10.6 Å². The number of aromatic nitrogens is 4. The van der Waals surface area contributed by atoms with E-state index >= 15 is 0 Å². The number of benzene rings is 2. The van der Waals surface area contributed by atoms with Gasteiger partial charge in [-0.1, -0.05) is 24.3 Å². The molecular formula is C28H26N6OS. The van der Waals surface area contributed by atoms with E-state index in [0.717, 1.165) is 27.1 Å². The van der Waals surface area contributed by atoms with Crippen molar-refractivity contribution in [2.24, 2.45) is 0 Å². The van der Waals surface area contributed by atoms with Gasteiger partial charge in [-0.2, -0.15) is 0 Å². The molecule has 8 heteroatoms. The molecule has 0 aliphatic carbocycles. The summed E-state index contributed by atoms with van der Waals surface area (Å²) in [7, 11) is 0. The number of aromatic amines is 1. The Balaban J connectivity index is 1.13. The van der Waals surface area contributed by atoms with E-state index < -0.39 is 6.10 Å². The molecule has 7 nitrogen and oxygen atoms in total. The minimum absolute atomic E-state index is 0.461. The Morgan fingerprint density at radius 1 is 1.03 bits per heavy atom. The molecule has 0 aliphatic heterocycles. The van der Waals surface area contributed by atoms with Gasteiger partial charge in [-0.05, 0) is 47.5 Å². The fourth-order valence-corrected chi connectivity index (χ4v) is 5.43. The number of hydrogen-bond donors (Lipinski definition) is 4. The van der Waals surface area contributed by atoms with E-state index in [1.165, 1.54) is 21.4 Å². The van der Waals surface area contributed by atoms with Crippen molar-refractivity contribution in [3.63, 3.8) is 0 Å². The first-order valence-electron chi connectivity index (χ1n) is 11.9. The van der Waals surface area contributed by atoms with Crippen LogP contribution in [0.15, 0.2) is 91.8 Å². The van der Waals surface area contributed by atoms with Gasteiger partial charge in [0.15, 0.2) is 0 Å². The zero-order valence-corrected chi connectivity index (χ0v) is 20.4. The predicted molar refractivity (Wildman–Crippen MR) is 147 cm³/mol. The highest BCUT2D eigenvalue weighted by molar-refractivity contribution is 7.22. The lowest BCUT2D eigenvalue weighted by atomic mass is 10.1. The van der Waals surface area contributed by atoms with Crippen LogP contribution >= 0.6 is 11.3 Å². The first kappa shape index (κ1) is 22.5. The van der Waals surface area contributed by atoms with Gasteiger partial charge in [0.1, 0.15) is 0 Å². The van der Waals surface area contributed by atoms with Crippen LogP contribution in [0.4, 0.5) is 11.4 Å². The molecule has 0 amide bonds. The molecule has 6 rings (SSSR count). The number of aliphatic hydroxyl groups is 1. The summed E-state index contributed by atoms with van der Waals surface area (Å²) in [5.41, 5.74) is 6.57. The van der Waals surface area contributed by atoms with Crippen molar-refractivity contribution in [1.82, 2.24) is 24.8 Å². The molecular weight excluding hydrogens is 468 g/mol. The molecule has 4 heterocycles. The first-order valence-corrected chi connectivity index (χ1v) is 12.7. The molecule has 0 spiro atoms.